The number of carbonyl (C=O) groups is 2. The van der Waals surface area contributed by atoms with Crippen LogP contribution in [0.4, 0.5) is 0 Å². The van der Waals surface area contributed by atoms with Gasteiger partial charge in [-0.25, -0.2) is 0 Å². The molecule has 0 saturated carbocycles. The summed E-state index contributed by atoms with van der Waals surface area (Å²) in [6.07, 6.45) is 2.30. The number of benzene rings is 1. The van der Waals surface area contributed by atoms with Gasteiger partial charge in [-0.05, 0) is 32.3 Å². The molecule has 1 aliphatic carbocycles. The summed E-state index contributed by atoms with van der Waals surface area (Å²) in [5, 5.41) is 0. The van der Waals surface area contributed by atoms with Gasteiger partial charge < -0.3 is 13.9 Å². The average Bonchev–Trinajstić information content (AvgIpc) is 3.07. The molecule has 0 spiro atoms. The van der Waals surface area contributed by atoms with E-state index in [0.717, 1.165) is 19.3 Å². The number of ketones is 2. The number of hydrogen-bond acceptors (Lipinski definition) is 5. The van der Waals surface area contributed by atoms with Crippen LogP contribution in [0.1, 0.15) is 70.1 Å². The maximum Gasteiger partial charge on any atom is 0.229 e. The second-order valence-corrected chi connectivity index (χ2v) is 6.17. The van der Waals surface area contributed by atoms with E-state index in [1.54, 1.807) is 30.3 Å². The van der Waals surface area contributed by atoms with Gasteiger partial charge in [0.05, 0.1) is 5.56 Å². The maximum atomic E-state index is 12.6. The van der Waals surface area contributed by atoms with Gasteiger partial charge in [0.2, 0.25) is 5.78 Å². The lowest BCUT2D eigenvalue weighted by molar-refractivity contribution is -0.189. The summed E-state index contributed by atoms with van der Waals surface area (Å²) in [6.45, 7) is 2.53. The molecule has 1 aliphatic heterocycles. The number of furan rings is 1. The molecule has 2 heterocycles. The van der Waals surface area contributed by atoms with E-state index >= 15 is 0 Å². The van der Waals surface area contributed by atoms with Gasteiger partial charge in [0.25, 0.3) is 0 Å². The normalized spacial score (nSPS) is 21.3. The van der Waals surface area contributed by atoms with Gasteiger partial charge >= 0.3 is 0 Å². The highest BCUT2D eigenvalue weighted by molar-refractivity contribution is 6.27. The molecular formula is C19H18O5. The van der Waals surface area contributed by atoms with Crippen molar-refractivity contribution in [3.05, 3.63) is 58.5 Å². The van der Waals surface area contributed by atoms with Crippen LogP contribution in [-0.2, 0) is 9.47 Å². The Hall–Kier alpha value is -2.24. The molecule has 4 rings (SSSR count). The third-order valence-electron chi connectivity index (χ3n) is 4.51. The van der Waals surface area contributed by atoms with Gasteiger partial charge in [-0.2, -0.15) is 0 Å². The monoisotopic (exact) mass is 326 g/mol. The lowest BCUT2D eigenvalue weighted by Gasteiger charge is -2.25. The number of carbonyl (C=O) groups excluding carboxylic acids is 2. The fourth-order valence-corrected chi connectivity index (χ4v) is 3.21. The third-order valence-corrected chi connectivity index (χ3v) is 4.51. The Bertz CT molecular complexity index is 745. The van der Waals surface area contributed by atoms with Crippen LogP contribution in [0.15, 0.2) is 34.7 Å². The largest absolute Gasteiger partial charge is 0.454 e. The molecule has 1 saturated heterocycles. The molecule has 2 aromatic rings. The molecule has 5 nitrogen and oxygen atoms in total. The summed E-state index contributed by atoms with van der Waals surface area (Å²) in [7, 11) is 0. The first-order valence-corrected chi connectivity index (χ1v) is 8.24. The van der Waals surface area contributed by atoms with E-state index in [1.807, 2.05) is 6.92 Å². The Morgan fingerprint density at radius 3 is 2.54 bits per heavy atom. The molecule has 0 N–H and O–H groups in total. The number of hydrogen-bond donors (Lipinski definition) is 0. The minimum Gasteiger partial charge on any atom is -0.454 e. The van der Waals surface area contributed by atoms with Crippen molar-refractivity contribution in [3.63, 3.8) is 0 Å². The van der Waals surface area contributed by atoms with E-state index in [4.69, 9.17) is 13.9 Å². The standard InChI is InChI=1S/C19H18O5/c1-11(23-16-8-4-5-9-22-16)15-10-14-17(20)12-6-2-3-7-13(12)18(21)19(14)24-15/h2-3,6-7,10-11,16H,4-5,8-9H2,1H3. The lowest BCUT2D eigenvalue weighted by Crippen LogP contribution is -2.23. The zero-order valence-electron chi connectivity index (χ0n) is 13.4. The molecular weight excluding hydrogens is 308 g/mol. The maximum absolute atomic E-state index is 12.6. The van der Waals surface area contributed by atoms with Gasteiger partial charge in [0, 0.05) is 17.7 Å². The highest BCUT2D eigenvalue weighted by atomic mass is 16.7. The Labute approximate surface area is 139 Å². The van der Waals surface area contributed by atoms with Crippen molar-refractivity contribution in [1.29, 1.82) is 0 Å². The first-order valence-electron chi connectivity index (χ1n) is 8.24. The van der Waals surface area contributed by atoms with E-state index in [0.29, 0.717) is 29.1 Å². The fraction of sp³-hybridized carbons (Fsp3) is 0.368. The third kappa shape index (κ3) is 2.50. The van der Waals surface area contributed by atoms with E-state index in [9.17, 15) is 9.59 Å². The zero-order valence-corrected chi connectivity index (χ0v) is 13.4. The molecule has 24 heavy (non-hydrogen) atoms. The second kappa shape index (κ2) is 6.00. The quantitative estimate of drug-likeness (QED) is 0.735. The molecule has 124 valence electrons. The van der Waals surface area contributed by atoms with Crippen molar-refractivity contribution < 1.29 is 23.5 Å². The van der Waals surface area contributed by atoms with Crippen molar-refractivity contribution >= 4 is 11.6 Å². The summed E-state index contributed by atoms with van der Waals surface area (Å²) in [6, 6.07) is 8.43. The minimum atomic E-state index is -0.387. The van der Waals surface area contributed by atoms with Gasteiger partial charge in [0.1, 0.15) is 11.9 Å². The summed E-state index contributed by atoms with van der Waals surface area (Å²) in [4.78, 5) is 25.2. The Balaban J connectivity index is 1.62. The Morgan fingerprint density at radius 2 is 1.83 bits per heavy atom. The van der Waals surface area contributed by atoms with Crippen molar-refractivity contribution in [2.45, 2.75) is 38.6 Å². The highest BCUT2D eigenvalue weighted by Crippen LogP contribution is 2.33. The van der Waals surface area contributed by atoms with Gasteiger partial charge in [-0.1, -0.05) is 24.3 Å². The van der Waals surface area contributed by atoms with Crippen LogP contribution in [0.25, 0.3) is 0 Å². The molecule has 2 unspecified atom stereocenters. The second-order valence-electron chi connectivity index (χ2n) is 6.17. The van der Waals surface area contributed by atoms with Crippen molar-refractivity contribution in [2.24, 2.45) is 0 Å². The van der Waals surface area contributed by atoms with Crippen LogP contribution < -0.4 is 0 Å². The highest BCUT2D eigenvalue weighted by Gasteiger charge is 2.34. The zero-order chi connectivity index (χ0) is 16.7. The van der Waals surface area contributed by atoms with Crippen molar-refractivity contribution in [1.82, 2.24) is 0 Å². The van der Waals surface area contributed by atoms with E-state index in [1.165, 1.54) is 0 Å². The van der Waals surface area contributed by atoms with Crippen LogP contribution in [0, 0.1) is 0 Å². The summed E-state index contributed by atoms with van der Waals surface area (Å²) in [5.74, 6) is 0.140. The van der Waals surface area contributed by atoms with E-state index in [-0.39, 0.29) is 29.7 Å². The summed E-state index contributed by atoms with van der Waals surface area (Å²) >= 11 is 0. The molecule has 0 bridgehead atoms. The molecule has 0 radical (unpaired) electrons. The SMILES string of the molecule is CC(OC1CCCCO1)c1cc2c(o1)C(=O)c1ccccc1C2=O. The van der Waals surface area contributed by atoms with Crippen LogP contribution >= 0.6 is 0 Å². The van der Waals surface area contributed by atoms with E-state index < -0.39 is 0 Å². The summed E-state index contributed by atoms with van der Waals surface area (Å²) < 4.78 is 17.1. The van der Waals surface area contributed by atoms with Crippen LogP contribution in [0.2, 0.25) is 0 Å². The first-order chi connectivity index (χ1) is 11.6. The molecule has 2 aliphatic rings. The van der Waals surface area contributed by atoms with Crippen LogP contribution in [0.5, 0.6) is 0 Å². The average molecular weight is 326 g/mol. The number of fused-ring (bicyclic) bond motifs is 2. The predicted molar refractivity (Wildman–Crippen MR) is 85.1 cm³/mol. The summed E-state index contributed by atoms with van der Waals surface area (Å²) in [5.41, 5.74) is 1.13. The van der Waals surface area contributed by atoms with Gasteiger partial charge in [0.15, 0.2) is 17.8 Å². The fourth-order valence-electron chi connectivity index (χ4n) is 3.21. The smallest absolute Gasteiger partial charge is 0.229 e. The molecule has 1 aromatic heterocycles. The molecule has 0 amide bonds. The Morgan fingerprint density at radius 1 is 1.08 bits per heavy atom. The number of ether oxygens (including phenoxy) is 2. The molecule has 1 aromatic carbocycles. The lowest BCUT2D eigenvalue weighted by atomic mass is 9.88. The molecule has 5 heteroatoms. The van der Waals surface area contributed by atoms with Crippen molar-refractivity contribution in [2.75, 3.05) is 6.61 Å². The first kappa shape index (κ1) is 15.3. The van der Waals surface area contributed by atoms with Gasteiger partial charge in [-0.3, -0.25) is 9.59 Å². The molecule has 1 fully saturated rings. The number of rotatable bonds is 3. The topological polar surface area (TPSA) is 65.7 Å². The van der Waals surface area contributed by atoms with Gasteiger partial charge in [-0.15, -0.1) is 0 Å². The van der Waals surface area contributed by atoms with Crippen LogP contribution in [-0.4, -0.2) is 24.5 Å². The Kier molecular flexibility index (Phi) is 3.82. The van der Waals surface area contributed by atoms with Crippen LogP contribution in [0.3, 0.4) is 0 Å². The minimum absolute atomic E-state index is 0.105. The van der Waals surface area contributed by atoms with E-state index in [2.05, 4.69) is 0 Å². The predicted octanol–water partition coefficient (Wildman–Crippen LogP) is 3.66. The van der Waals surface area contributed by atoms with Crippen molar-refractivity contribution in [3.8, 4) is 0 Å². The molecule has 2 atom stereocenters.